The van der Waals surface area contributed by atoms with E-state index >= 15 is 0 Å². The number of allylic oxidation sites excluding steroid dienone is 4. The van der Waals surface area contributed by atoms with Crippen molar-refractivity contribution >= 4 is 60.0 Å². The van der Waals surface area contributed by atoms with Crippen LogP contribution in [-0.4, -0.2) is 14.5 Å². The van der Waals surface area contributed by atoms with Gasteiger partial charge in [0, 0.05) is 32.8 Å². The Morgan fingerprint density at radius 2 is 1.02 bits per heavy atom. The van der Waals surface area contributed by atoms with Gasteiger partial charge in [-0.05, 0) is 93.4 Å². The van der Waals surface area contributed by atoms with Crippen LogP contribution >= 0.6 is 0 Å². The lowest BCUT2D eigenvalue weighted by molar-refractivity contribution is 1.04. The van der Waals surface area contributed by atoms with Crippen molar-refractivity contribution in [2.45, 2.75) is 12.8 Å². The third-order valence-electron chi connectivity index (χ3n) is 11.3. The Hall–Kier alpha value is -7.10. The van der Waals surface area contributed by atoms with E-state index in [1.165, 1.54) is 54.8 Å². The zero-order valence-electron chi connectivity index (χ0n) is 30.2. The topological polar surface area (TPSA) is 30.7 Å². The van der Waals surface area contributed by atoms with E-state index in [1.54, 1.807) is 0 Å². The maximum absolute atomic E-state index is 5.23. The van der Waals surface area contributed by atoms with Crippen molar-refractivity contribution in [1.82, 2.24) is 14.5 Å². The molecule has 2 heterocycles. The van der Waals surface area contributed by atoms with Crippen LogP contribution in [0.15, 0.2) is 188 Å². The molecular formula is C52H35N3. The molecule has 0 radical (unpaired) electrons. The van der Waals surface area contributed by atoms with E-state index in [2.05, 4.69) is 187 Å². The van der Waals surface area contributed by atoms with Crippen LogP contribution in [0.25, 0.3) is 99.2 Å². The summed E-state index contributed by atoms with van der Waals surface area (Å²) in [5.74, 6) is 0. The molecule has 3 nitrogen and oxygen atoms in total. The third-order valence-corrected chi connectivity index (χ3v) is 11.3. The molecule has 0 N–H and O–H groups in total. The minimum absolute atomic E-state index is 0.869. The molecule has 0 aliphatic heterocycles. The fourth-order valence-corrected chi connectivity index (χ4v) is 8.54. The average Bonchev–Trinajstić information content (AvgIpc) is 3.60. The van der Waals surface area contributed by atoms with Gasteiger partial charge in [0.1, 0.15) is 0 Å². The summed E-state index contributed by atoms with van der Waals surface area (Å²) in [5, 5.41) is 7.22. The highest BCUT2D eigenvalue weighted by atomic mass is 15.0. The maximum Gasteiger partial charge on any atom is 0.0979 e. The Balaban J connectivity index is 0.902. The molecule has 0 atom stereocenters. The van der Waals surface area contributed by atoms with Crippen LogP contribution < -0.4 is 0 Å². The van der Waals surface area contributed by atoms with E-state index in [0.29, 0.717) is 0 Å². The first-order valence-electron chi connectivity index (χ1n) is 19.0. The van der Waals surface area contributed by atoms with Gasteiger partial charge in [-0.25, -0.2) is 4.98 Å². The summed E-state index contributed by atoms with van der Waals surface area (Å²) in [6.45, 7) is 0. The van der Waals surface area contributed by atoms with E-state index < -0.39 is 0 Å². The van der Waals surface area contributed by atoms with Crippen LogP contribution in [0.1, 0.15) is 18.4 Å². The second-order valence-electron chi connectivity index (χ2n) is 14.5. The number of rotatable bonds is 5. The zero-order valence-corrected chi connectivity index (χ0v) is 30.2. The van der Waals surface area contributed by atoms with Gasteiger partial charge in [0.2, 0.25) is 0 Å². The van der Waals surface area contributed by atoms with Gasteiger partial charge in [-0.15, -0.1) is 0 Å². The molecule has 0 saturated heterocycles. The van der Waals surface area contributed by atoms with Crippen LogP contribution in [0.3, 0.4) is 0 Å². The van der Waals surface area contributed by atoms with Gasteiger partial charge in [0.05, 0.1) is 34.0 Å². The summed E-state index contributed by atoms with van der Waals surface area (Å²) in [7, 11) is 0. The van der Waals surface area contributed by atoms with Gasteiger partial charge in [-0.1, -0.05) is 146 Å². The van der Waals surface area contributed by atoms with Crippen molar-refractivity contribution in [2.75, 3.05) is 0 Å². The minimum atomic E-state index is 0.869. The maximum atomic E-state index is 5.23. The summed E-state index contributed by atoms with van der Waals surface area (Å²) in [6, 6.07) is 59.1. The number of hydrogen-bond acceptors (Lipinski definition) is 2. The van der Waals surface area contributed by atoms with E-state index in [-0.39, 0.29) is 0 Å². The van der Waals surface area contributed by atoms with Crippen LogP contribution in [0.2, 0.25) is 0 Å². The minimum Gasteiger partial charge on any atom is -0.309 e. The molecule has 1 aliphatic rings. The van der Waals surface area contributed by atoms with Crippen molar-refractivity contribution in [2.24, 2.45) is 0 Å². The van der Waals surface area contributed by atoms with Crippen molar-refractivity contribution in [1.29, 1.82) is 0 Å². The highest BCUT2D eigenvalue weighted by Crippen LogP contribution is 2.37. The Kier molecular flexibility index (Phi) is 7.31. The van der Waals surface area contributed by atoms with Crippen LogP contribution in [-0.2, 0) is 0 Å². The van der Waals surface area contributed by atoms with Crippen LogP contribution in [0.5, 0.6) is 0 Å². The predicted octanol–water partition coefficient (Wildman–Crippen LogP) is 13.8. The fraction of sp³-hybridized carbons (Fsp3) is 0.0385. The molecule has 0 fully saturated rings. The molecular weight excluding hydrogens is 667 g/mol. The Morgan fingerprint density at radius 3 is 1.75 bits per heavy atom. The second kappa shape index (κ2) is 12.8. The SMILES string of the molecule is C1=CC(c2ccc3c(c2)c2ccccc2n3-c2ccc(-c3ccc(-c4cccc(-c5cnc6c7ccccc7c7ccccc7c6n5)c4)cc3)cc2)=CCC1. The largest absolute Gasteiger partial charge is 0.309 e. The summed E-state index contributed by atoms with van der Waals surface area (Å²) < 4.78 is 2.39. The molecule has 55 heavy (non-hydrogen) atoms. The molecule has 0 saturated carbocycles. The number of aromatic nitrogens is 3. The van der Waals surface area contributed by atoms with Crippen molar-refractivity contribution in [3.05, 3.63) is 194 Å². The number of nitrogens with zero attached hydrogens (tertiary/aromatic N) is 3. The summed E-state index contributed by atoms with van der Waals surface area (Å²) in [4.78, 5) is 10.2. The van der Waals surface area contributed by atoms with Crippen molar-refractivity contribution < 1.29 is 0 Å². The number of para-hydroxylation sites is 1. The van der Waals surface area contributed by atoms with Gasteiger partial charge in [0.25, 0.3) is 0 Å². The van der Waals surface area contributed by atoms with Gasteiger partial charge in [0.15, 0.2) is 0 Å². The highest BCUT2D eigenvalue weighted by Gasteiger charge is 2.15. The molecule has 0 bridgehead atoms. The zero-order chi connectivity index (χ0) is 36.3. The molecule has 0 spiro atoms. The first-order chi connectivity index (χ1) is 27.3. The molecule has 8 aromatic carbocycles. The van der Waals surface area contributed by atoms with E-state index in [1.807, 2.05) is 6.20 Å². The predicted molar refractivity (Wildman–Crippen MR) is 232 cm³/mol. The first kappa shape index (κ1) is 31.4. The number of hydrogen-bond donors (Lipinski definition) is 0. The van der Waals surface area contributed by atoms with E-state index in [0.717, 1.165) is 62.7 Å². The molecule has 3 heteroatoms. The Labute approximate surface area is 319 Å². The third kappa shape index (κ3) is 5.27. The van der Waals surface area contributed by atoms with Crippen LogP contribution in [0.4, 0.5) is 0 Å². The lowest BCUT2D eigenvalue weighted by atomic mass is 9.98. The summed E-state index contributed by atoms with van der Waals surface area (Å²) in [5.41, 5.74) is 14.7. The lowest BCUT2D eigenvalue weighted by Gasteiger charge is -2.12. The highest BCUT2D eigenvalue weighted by molar-refractivity contribution is 6.23. The van der Waals surface area contributed by atoms with Gasteiger partial charge >= 0.3 is 0 Å². The summed E-state index contributed by atoms with van der Waals surface area (Å²) in [6.07, 6.45) is 11.0. The average molecular weight is 702 g/mol. The van der Waals surface area contributed by atoms with E-state index in [4.69, 9.17) is 9.97 Å². The molecule has 0 unspecified atom stereocenters. The molecule has 1 aliphatic carbocycles. The summed E-state index contributed by atoms with van der Waals surface area (Å²) >= 11 is 0. The second-order valence-corrected chi connectivity index (χ2v) is 14.5. The first-order valence-corrected chi connectivity index (χ1v) is 19.0. The lowest BCUT2D eigenvalue weighted by Crippen LogP contribution is -1.94. The van der Waals surface area contributed by atoms with Gasteiger partial charge < -0.3 is 4.57 Å². The molecule has 2 aromatic heterocycles. The molecule has 258 valence electrons. The van der Waals surface area contributed by atoms with Crippen molar-refractivity contribution in [3.8, 4) is 39.2 Å². The Morgan fingerprint density at radius 1 is 0.418 bits per heavy atom. The molecule has 10 aromatic rings. The van der Waals surface area contributed by atoms with Gasteiger partial charge in [-0.2, -0.15) is 0 Å². The van der Waals surface area contributed by atoms with Gasteiger partial charge in [-0.3, -0.25) is 4.98 Å². The van der Waals surface area contributed by atoms with E-state index in [9.17, 15) is 0 Å². The number of benzene rings is 8. The smallest absolute Gasteiger partial charge is 0.0979 e. The van der Waals surface area contributed by atoms with Crippen LogP contribution in [0, 0.1) is 0 Å². The quantitative estimate of drug-likeness (QED) is 0.167. The number of fused-ring (bicyclic) bond motifs is 9. The van der Waals surface area contributed by atoms with Crippen molar-refractivity contribution in [3.63, 3.8) is 0 Å². The Bertz CT molecular complexity index is 3150. The fourth-order valence-electron chi connectivity index (χ4n) is 8.54. The normalized spacial score (nSPS) is 13.0. The molecule has 0 amide bonds. The molecule has 11 rings (SSSR count). The monoisotopic (exact) mass is 701 g/mol. The standard InChI is InChI=1S/C52H35N3/c1-2-11-34(12-3-1)39-27-30-50-47(32-39)44-17-8-9-20-49(44)55(50)41-28-25-36(26-29-41)35-21-23-37(24-22-35)38-13-10-14-40(31-38)48-33-53-51-45-18-6-4-15-42(45)43-16-5-7-19-46(43)52(51)54-48/h2,4-33H,1,3H2.